The van der Waals surface area contributed by atoms with E-state index in [1.165, 1.54) is 17.4 Å². The quantitative estimate of drug-likeness (QED) is 0.907. The molecule has 3 rings (SSSR count). The van der Waals surface area contributed by atoms with Crippen LogP contribution in [0.2, 0.25) is 0 Å². The van der Waals surface area contributed by atoms with Gasteiger partial charge in [0, 0.05) is 30.1 Å². The number of hydrogen-bond donors (Lipinski definition) is 1. The number of rotatable bonds is 5. The Hall–Kier alpha value is -1.45. The van der Waals surface area contributed by atoms with Crippen molar-refractivity contribution in [3.05, 3.63) is 42.1 Å². The number of ether oxygens (including phenoxy) is 1. The fourth-order valence-corrected chi connectivity index (χ4v) is 3.11. The standard InChI is InChI=1S/C17H22N2O/c1-2-18-17(14-8-10-20-12-14)11-13-7-9-19-16-6-4-3-5-15(13)16/h3-7,9,14,17-18H,2,8,10-12H2,1H3. The summed E-state index contributed by atoms with van der Waals surface area (Å²) in [6, 6.07) is 11.0. The highest BCUT2D eigenvalue weighted by atomic mass is 16.5. The summed E-state index contributed by atoms with van der Waals surface area (Å²) < 4.78 is 5.56. The van der Waals surface area contributed by atoms with E-state index in [4.69, 9.17) is 4.74 Å². The first-order chi connectivity index (χ1) is 9.88. The first kappa shape index (κ1) is 13.5. The van der Waals surface area contributed by atoms with E-state index in [2.05, 4.69) is 41.5 Å². The van der Waals surface area contributed by atoms with Gasteiger partial charge in [-0.05, 0) is 37.1 Å². The molecule has 0 saturated carbocycles. The Morgan fingerprint density at radius 3 is 3.05 bits per heavy atom. The van der Waals surface area contributed by atoms with Crippen LogP contribution >= 0.6 is 0 Å². The first-order valence-corrected chi connectivity index (χ1v) is 7.52. The third-order valence-corrected chi connectivity index (χ3v) is 4.18. The molecule has 1 saturated heterocycles. The van der Waals surface area contributed by atoms with Crippen LogP contribution in [0.5, 0.6) is 0 Å². The number of pyridine rings is 1. The Morgan fingerprint density at radius 2 is 2.25 bits per heavy atom. The number of likely N-dealkylation sites (N-methyl/N-ethyl adjacent to an activating group) is 1. The zero-order chi connectivity index (χ0) is 13.8. The van der Waals surface area contributed by atoms with E-state index in [0.29, 0.717) is 12.0 Å². The maximum Gasteiger partial charge on any atom is 0.0704 e. The Kier molecular flexibility index (Phi) is 4.28. The van der Waals surface area contributed by atoms with Gasteiger partial charge in [-0.3, -0.25) is 4.98 Å². The van der Waals surface area contributed by atoms with Crippen molar-refractivity contribution in [2.45, 2.75) is 25.8 Å². The van der Waals surface area contributed by atoms with Gasteiger partial charge < -0.3 is 10.1 Å². The summed E-state index contributed by atoms with van der Waals surface area (Å²) in [7, 11) is 0. The summed E-state index contributed by atoms with van der Waals surface area (Å²) in [6.45, 7) is 4.97. The minimum Gasteiger partial charge on any atom is -0.381 e. The molecular formula is C17H22N2O. The molecule has 1 fully saturated rings. The minimum absolute atomic E-state index is 0.494. The molecule has 1 aromatic carbocycles. The molecule has 1 aliphatic heterocycles. The molecule has 0 bridgehead atoms. The second kappa shape index (κ2) is 6.33. The third-order valence-electron chi connectivity index (χ3n) is 4.18. The van der Waals surface area contributed by atoms with Gasteiger partial charge in [-0.15, -0.1) is 0 Å². The average molecular weight is 270 g/mol. The number of aromatic nitrogens is 1. The summed E-state index contributed by atoms with van der Waals surface area (Å²) in [5.41, 5.74) is 2.47. The number of hydrogen-bond acceptors (Lipinski definition) is 3. The van der Waals surface area contributed by atoms with Gasteiger partial charge >= 0.3 is 0 Å². The first-order valence-electron chi connectivity index (χ1n) is 7.52. The highest BCUT2D eigenvalue weighted by Gasteiger charge is 2.25. The molecule has 20 heavy (non-hydrogen) atoms. The molecule has 2 atom stereocenters. The van der Waals surface area contributed by atoms with Gasteiger partial charge in [0.15, 0.2) is 0 Å². The van der Waals surface area contributed by atoms with Crippen LogP contribution in [0.1, 0.15) is 18.9 Å². The number of nitrogens with zero attached hydrogens (tertiary/aromatic N) is 1. The van der Waals surface area contributed by atoms with E-state index in [-0.39, 0.29) is 0 Å². The fourth-order valence-electron chi connectivity index (χ4n) is 3.11. The van der Waals surface area contributed by atoms with Crippen LogP contribution in [0.15, 0.2) is 36.5 Å². The molecule has 0 amide bonds. The van der Waals surface area contributed by atoms with Crippen LogP contribution in [0.25, 0.3) is 10.9 Å². The molecular weight excluding hydrogens is 248 g/mol. The molecule has 0 spiro atoms. The zero-order valence-corrected chi connectivity index (χ0v) is 12.0. The van der Waals surface area contributed by atoms with Gasteiger partial charge in [-0.25, -0.2) is 0 Å². The largest absolute Gasteiger partial charge is 0.381 e. The number of nitrogens with one attached hydrogen (secondary N) is 1. The topological polar surface area (TPSA) is 34.2 Å². The molecule has 1 aromatic heterocycles. The van der Waals surface area contributed by atoms with E-state index < -0.39 is 0 Å². The monoisotopic (exact) mass is 270 g/mol. The van der Waals surface area contributed by atoms with Gasteiger partial charge in [-0.2, -0.15) is 0 Å². The second-order valence-corrected chi connectivity index (χ2v) is 5.48. The van der Waals surface area contributed by atoms with Gasteiger partial charge in [0.05, 0.1) is 12.1 Å². The van der Waals surface area contributed by atoms with Crippen LogP contribution in [0.4, 0.5) is 0 Å². The SMILES string of the molecule is CCNC(Cc1ccnc2ccccc12)C1CCOC1. The normalized spacial score (nSPS) is 20.4. The van der Waals surface area contributed by atoms with E-state index >= 15 is 0 Å². The second-order valence-electron chi connectivity index (χ2n) is 5.48. The summed E-state index contributed by atoms with van der Waals surface area (Å²) >= 11 is 0. The van der Waals surface area contributed by atoms with Crippen molar-refractivity contribution < 1.29 is 4.74 Å². The van der Waals surface area contributed by atoms with Crippen molar-refractivity contribution in [3.63, 3.8) is 0 Å². The fraction of sp³-hybridized carbons (Fsp3) is 0.471. The molecule has 2 unspecified atom stereocenters. The van der Waals surface area contributed by atoms with Gasteiger partial charge in [0.1, 0.15) is 0 Å². The molecule has 3 nitrogen and oxygen atoms in total. The van der Waals surface area contributed by atoms with Crippen LogP contribution in [-0.2, 0) is 11.2 Å². The Bertz CT molecular complexity index is 558. The van der Waals surface area contributed by atoms with Crippen molar-refractivity contribution in [3.8, 4) is 0 Å². The Labute approximate surface area is 120 Å². The molecule has 1 N–H and O–H groups in total. The van der Waals surface area contributed by atoms with Gasteiger partial charge in [0.2, 0.25) is 0 Å². The predicted molar refractivity (Wildman–Crippen MR) is 81.8 cm³/mol. The molecule has 0 radical (unpaired) electrons. The van der Waals surface area contributed by atoms with Crippen LogP contribution in [-0.4, -0.2) is 30.8 Å². The van der Waals surface area contributed by atoms with Crippen molar-refractivity contribution in [2.24, 2.45) is 5.92 Å². The van der Waals surface area contributed by atoms with E-state index in [0.717, 1.165) is 31.7 Å². The molecule has 2 aromatic rings. The molecule has 0 aliphatic carbocycles. The highest BCUT2D eigenvalue weighted by Crippen LogP contribution is 2.23. The summed E-state index contributed by atoms with van der Waals surface area (Å²) in [5, 5.41) is 4.91. The number of para-hydroxylation sites is 1. The van der Waals surface area contributed by atoms with Crippen molar-refractivity contribution in [2.75, 3.05) is 19.8 Å². The Balaban J connectivity index is 1.86. The average Bonchev–Trinajstić information content (AvgIpc) is 3.01. The smallest absolute Gasteiger partial charge is 0.0704 e. The summed E-state index contributed by atoms with van der Waals surface area (Å²) in [5.74, 6) is 0.627. The van der Waals surface area contributed by atoms with E-state index in [9.17, 15) is 0 Å². The predicted octanol–water partition coefficient (Wildman–Crippen LogP) is 2.79. The van der Waals surface area contributed by atoms with Crippen molar-refractivity contribution in [1.82, 2.24) is 10.3 Å². The number of fused-ring (bicyclic) bond motifs is 1. The molecule has 106 valence electrons. The van der Waals surface area contributed by atoms with Crippen molar-refractivity contribution in [1.29, 1.82) is 0 Å². The highest BCUT2D eigenvalue weighted by molar-refractivity contribution is 5.81. The van der Waals surface area contributed by atoms with E-state index in [1.807, 2.05) is 12.3 Å². The Morgan fingerprint density at radius 1 is 1.35 bits per heavy atom. The van der Waals surface area contributed by atoms with Crippen LogP contribution in [0, 0.1) is 5.92 Å². The molecule has 2 heterocycles. The summed E-state index contributed by atoms with van der Waals surface area (Å²) in [4.78, 5) is 4.45. The van der Waals surface area contributed by atoms with E-state index in [1.54, 1.807) is 0 Å². The van der Waals surface area contributed by atoms with Crippen LogP contribution < -0.4 is 5.32 Å². The summed E-state index contributed by atoms with van der Waals surface area (Å²) in [6.07, 6.45) is 4.14. The minimum atomic E-state index is 0.494. The van der Waals surface area contributed by atoms with Gasteiger partial charge in [0.25, 0.3) is 0 Å². The van der Waals surface area contributed by atoms with Gasteiger partial charge in [-0.1, -0.05) is 25.1 Å². The molecule has 1 aliphatic rings. The molecule has 3 heteroatoms. The van der Waals surface area contributed by atoms with Crippen LogP contribution in [0.3, 0.4) is 0 Å². The third kappa shape index (κ3) is 2.84. The lowest BCUT2D eigenvalue weighted by Crippen LogP contribution is -2.38. The lowest BCUT2D eigenvalue weighted by molar-refractivity contribution is 0.176. The maximum absolute atomic E-state index is 5.56. The zero-order valence-electron chi connectivity index (χ0n) is 12.0. The number of benzene rings is 1. The lowest BCUT2D eigenvalue weighted by atomic mass is 9.91. The lowest BCUT2D eigenvalue weighted by Gasteiger charge is -2.24. The maximum atomic E-state index is 5.56. The van der Waals surface area contributed by atoms with Crippen molar-refractivity contribution >= 4 is 10.9 Å².